The summed E-state index contributed by atoms with van der Waals surface area (Å²) < 4.78 is 43.4. The quantitative estimate of drug-likeness (QED) is 0.850. The van der Waals surface area contributed by atoms with Crippen molar-refractivity contribution in [2.45, 2.75) is 43.5 Å². The van der Waals surface area contributed by atoms with Gasteiger partial charge in [-0.25, -0.2) is 0 Å². The minimum atomic E-state index is -4.28. The Balaban J connectivity index is 1.66. The van der Waals surface area contributed by atoms with Crippen molar-refractivity contribution in [1.29, 1.82) is 0 Å². The van der Waals surface area contributed by atoms with Gasteiger partial charge >= 0.3 is 6.18 Å². The van der Waals surface area contributed by atoms with Gasteiger partial charge < -0.3 is 10.1 Å². The van der Waals surface area contributed by atoms with Crippen LogP contribution in [0.2, 0.25) is 0 Å². The normalized spacial score (nSPS) is 26.1. The second kappa shape index (κ2) is 5.04. The van der Waals surface area contributed by atoms with Crippen molar-refractivity contribution in [1.82, 2.24) is 5.32 Å². The first-order valence-corrected chi connectivity index (χ1v) is 7.02. The van der Waals surface area contributed by atoms with Crippen molar-refractivity contribution in [3.05, 3.63) is 35.4 Å². The third-order valence-electron chi connectivity index (χ3n) is 4.39. The molecule has 5 heteroatoms. The lowest BCUT2D eigenvalue weighted by Crippen LogP contribution is -2.53. The Bertz CT molecular complexity index is 453. The van der Waals surface area contributed by atoms with Gasteiger partial charge in [0.05, 0.1) is 18.3 Å². The molecule has 1 aromatic carbocycles. The SMILES string of the molecule is FC(F)(F)c1ccc(C2CNC3(CCCC3)CO2)cc1. The van der Waals surface area contributed by atoms with Crippen LogP contribution in [0.4, 0.5) is 13.2 Å². The van der Waals surface area contributed by atoms with Gasteiger partial charge in [-0.05, 0) is 30.5 Å². The molecule has 0 amide bonds. The number of hydrogen-bond acceptors (Lipinski definition) is 2. The van der Waals surface area contributed by atoms with Gasteiger partial charge in [0.15, 0.2) is 0 Å². The standard InChI is InChI=1S/C15H18F3NO/c16-15(17,18)12-5-3-11(4-6-12)13-9-19-14(10-20-13)7-1-2-8-14/h3-6,13,19H,1-2,7-10H2. The molecular weight excluding hydrogens is 267 g/mol. The Morgan fingerprint density at radius 3 is 2.25 bits per heavy atom. The fourth-order valence-electron chi connectivity index (χ4n) is 3.15. The Labute approximate surface area is 116 Å². The first-order valence-electron chi connectivity index (χ1n) is 7.02. The zero-order valence-corrected chi connectivity index (χ0v) is 11.2. The Morgan fingerprint density at radius 2 is 1.75 bits per heavy atom. The average Bonchev–Trinajstić information content (AvgIpc) is 2.87. The van der Waals surface area contributed by atoms with E-state index in [0.29, 0.717) is 13.2 Å². The summed E-state index contributed by atoms with van der Waals surface area (Å²) in [7, 11) is 0. The second-order valence-corrected chi connectivity index (χ2v) is 5.79. The zero-order valence-electron chi connectivity index (χ0n) is 11.2. The highest BCUT2D eigenvalue weighted by Crippen LogP contribution is 2.36. The van der Waals surface area contributed by atoms with Crippen molar-refractivity contribution < 1.29 is 17.9 Å². The minimum Gasteiger partial charge on any atom is -0.370 e. The van der Waals surface area contributed by atoms with Gasteiger partial charge in [-0.15, -0.1) is 0 Å². The van der Waals surface area contributed by atoms with E-state index >= 15 is 0 Å². The molecule has 2 nitrogen and oxygen atoms in total. The fourth-order valence-corrected chi connectivity index (χ4v) is 3.15. The number of rotatable bonds is 1. The molecule has 1 unspecified atom stereocenters. The Morgan fingerprint density at radius 1 is 1.10 bits per heavy atom. The average molecular weight is 285 g/mol. The van der Waals surface area contributed by atoms with Gasteiger partial charge in [0.25, 0.3) is 0 Å². The van der Waals surface area contributed by atoms with E-state index in [4.69, 9.17) is 4.74 Å². The maximum atomic E-state index is 12.5. The smallest absolute Gasteiger partial charge is 0.370 e. The van der Waals surface area contributed by atoms with E-state index in [9.17, 15) is 13.2 Å². The molecule has 0 radical (unpaired) electrons. The summed E-state index contributed by atoms with van der Waals surface area (Å²) in [6, 6.07) is 5.28. The van der Waals surface area contributed by atoms with Gasteiger partial charge in [-0.2, -0.15) is 13.2 Å². The predicted molar refractivity (Wildman–Crippen MR) is 69.3 cm³/mol. The summed E-state index contributed by atoms with van der Waals surface area (Å²) in [5.74, 6) is 0. The topological polar surface area (TPSA) is 21.3 Å². The lowest BCUT2D eigenvalue weighted by molar-refractivity contribution is -0.137. The zero-order chi connectivity index (χ0) is 14.2. The van der Waals surface area contributed by atoms with Gasteiger partial charge in [-0.3, -0.25) is 0 Å². The van der Waals surface area contributed by atoms with Crippen LogP contribution in [0.5, 0.6) is 0 Å². The molecule has 110 valence electrons. The van der Waals surface area contributed by atoms with E-state index in [1.807, 2.05) is 0 Å². The lowest BCUT2D eigenvalue weighted by Gasteiger charge is -2.38. The molecule has 1 saturated heterocycles. The number of alkyl halides is 3. The number of morpholine rings is 1. The molecule has 2 aliphatic rings. The van der Waals surface area contributed by atoms with E-state index in [-0.39, 0.29) is 11.6 Å². The maximum Gasteiger partial charge on any atom is 0.416 e. The summed E-state index contributed by atoms with van der Waals surface area (Å²) in [5, 5.41) is 3.54. The highest BCUT2D eigenvalue weighted by atomic mass is 19.4. The van der Waals surface area contributed by atoms with Gasteiger partial charge in [0.1, 0.15) is 0 Å². The van der Waals surface area contributed by atoms with Gasteiger partial charge in [0.2, 0.25) is 0 Å². The lowest BCUT2D eigenvalue weighted by atomic mass is 9.95. The first-order chi connectivity index (χ1) is 9.49. The summed E-state index contributed by atoms with van der Waals surface area (Å²) in [6.07, 6.45) is 0.281. The number of nitrogens with one attached hydrogen (secondary N) is 1. The summed E-state index contributed by atoms with van der Waals surface area (Å²) in [5.41, 5.74) is 0.304. The maximum absolute atomic E-state index is 12.5. The van der Waals surface area contributed by atoms with Crippen LogP contribution >= 0.6 is 0 Å². The van der Waals surface area contributed by atoms with Crippen molar-refractivity contribution in [2.75, 3.05) is 13.2 Å². The number of halogens is 3. The van der Waals surface area contributed by atoms with E-state index in [1.165, 1.54) is 25.0 Å². The highest BCUT2D eigenvalue weighted by molar-refractivity contribution is 5.26. The molecule has 1 aliphatic carbocycles. The molecule has 3 rings (SSSR count). The molecule has 1 spiro atoms. The fraction of sp³-hybridized carbons (Fsp3) is 0.600. The van der Waals surface area contributed by atoms with E-state index < -0.39 is 11.7 Å². The molecule has 1 aromatic rings. The van der Waals surface area contributed by atoms with E-state index in [2.05, 4.69) is 5.32 Å². The summed E-state index contributed by atoms with van der Waals surface area (Å²) >= 11 is 0. The first kappa shape index (κ1) is 13.9. The molecule has 1 heterocycles. The Hall–Kier alpha value is -1.07. The molecule has 1 atom stereocenters. The number of ether oxygens (including phenoxy) is 1. The molecule has 1 saturated carbocycles. The van der Waals surface area contributed by atoms with Crippen LogP contribution in [0.3, 0.4) is 0 Å². The molecular formula is C15H18F3NO. The summed E-state index contributed by atoms with van der Waals surface area (Å²) in [6.45, 7) is 1.32. The van der Waals surface area contributed by atoms with Crippen molar-refractivity contribution in [2.24, 2.45) is 0 Å². The van der Waals surface area contributed by atoms with Gasteiger partial charge in [0, 0.05) is 12.1 Å². The Kier molecular flexibility index (Phi) is 3.50. The predicted octanol–water partition coefficient (Wildman–Crippen LogP) is 3.68. The molecule has 0 bridgehead atoms. The van der Waals surface area contributed by atoms with Gasteiger partial charge in [-0.1, -0.05) is 25.0 Å². The second-order valence-electron chi connectivity index (χ2n) is 5.79. The van der Waals surface area contributed by atoms with Crippen molar-refractivity contribution >= 4 is 0 Å². The summed E-state index contributed by atoms with van der Waals surface area (Å²) in [4.78, 5) is 0. The van der Waals surface area contributed by atoms with E-state index in [1.54, 1.807) is 0 Å². The molecule has 1 aliphatic heterocycles. The third-order valence-corrected chi connectivity index (χ3v) is 4.39. The van der Waals surface area contributed by atoms with Crippen LogP contribution in [0.25, 0.3) is 0 Å². The van der Waals surface area contributed by atoms with Crippen LogP contribution in [0, 0.1) is 0 Å². The molecule has 1 N–H and O–H groups in total. The van der Waals surface area contributed by atoms with Crippen LogP contribution in [0.1, 0.15) is 42.9 Å². The third kappa shape index (κ3) is 2.69. The highest BCUT2D eigenvalue weighted by Gasteiger charge is 2.38. The number of benzene rings is 1. The monoisotopic (exact) mass is 285 g/mol. The van der Waals surface area contributed by atoms with Crippen molar-refractivity contribution in [3.8, 4) is 0 Å². The molecule has 20 heavy (non-hydrogen) atoms. The van der Waals surface area contributed by atoms with Crippen molar-refractivity contribution in [3.63, 3.8) is 0 Å². The van der Waals surface area contributed by atoms with Crippen LogP contribution in [0.15, 0.2) is 24.3 Å². The van der Waals surface area contributed by atoms with Crippen LogP contribution < -0.4 is 5.32 Å². The molecule has 0 aromatic heterocycles. The number of hydrogen-bond donors (Lipinski definition) is 1. The van der Waals surface area contributed by atoms with E-state index in [0.717, 1.165) is 30.5 Å². The minimum absolute atomic E-state index is 0.114. The molecule has 2 fully saturated rings. The largest absolute Gasteiger partial charge is 0.416 e. The van der Waals surface area contributed by atoms with Crippen LogP contribution in [-0.2, 0) is 10.9 Å². The van der Waals surface area contributed by atoms with Crippen LogP contribution in [-0.4, -0.2) is 18.7 Å².